The Balaban J connectivity index is 0.000000229. The third-order valence-electron chi connectivity index (χ3n) is 6.13. The van der Waals surface area contributed by atoms with Gasteiger partial charge in [-0.1, -0.05) is 42.0 Å². The molecule has 0 N–H and O–H groups in total. The first-order chi connectivity index (χ1) is 18.5. The maximum atomic E-state index is 12.8. The number of benzene rings is 4. The van der Waals surface area contributed by atoms with Crippen LogP contribution in [-0.2, 0) is 30.7 Å². The smallest absolute Gasteiger partial charge is 0.172 e. The second-order valence-electron chi connectivity index (χ2n) is 8.68. The molecule has 0 radical (unpaired) electrons. The van der Waals surface area contributed by atoms with Crippen molar-refractivity contribution in [2.24, 2.45) is 0 Å². The number of halogens is 4. The van der Waals surface area contributed by atoms with E-state index < -0.39 is 0 Å². The van der Waals surface area contributed by atoms with E-state index in [4.69, 9.17) is 0 Å². The maximum Gasteiger partial charge on any atom is -0.172 e. The summed E-state index contributed by atoms with van der Waals surface area (Å²) in [5.41, 5.74) is 9.52. The fourth-order valence-electron chi connectivity index (χ4n) is 4.08. The van der Waals surface area contributed by atoms with Gasteiger partial charge in [0, 0.05) is 0 Å². The van der Waals surface area contributed by atoms with Crippen LogP contribution in [0, 0.1) is 17.7 Å². The quantitative estimate of drug-likeness (QED) is 0.259. The normalized spacial score (nSPS) is 10.1. The van der Waals surface area contributed by atoms with Crippen molar-refractivity contribution in [3.8, 4) is 11.1 Å². The maximum absolute atomic E-state index is 12.8. The Morgan fingerprint density at radius 1 is 0.750 bits per heavy atom. The molecule has 0 amide bonds. The van der Waals surface area contributed by atoms with Crippen LogP contribution in [0.5, 0.6) is 0 Å². The van der Waals surface area contributed by atoms with Gasteiger partial charge in [0.25, 0.3) is 0 Å². The summed E-state index contributed by atoms with van der Waals surface area (Å²) in [6.07, 6.45) is 4.74. The van der Waals surface area contributed by atoms with E-state index in [-0.39, 0.29) is 36.4 Å². The Morgan fingerprint density at radius 3 is 1.75 bits per heavy atom. The second-order valence-corrected chi connectivity index (χ2v) is 9.91. The number of rotatable bonds is 4. The first kappa shape index (κ1) is 33.1. The monoisotopic (exact) mass is 644 g/mol. The molecule has 0 aliphatic heterocycles. The van der Waals surface area contributed by atoms with Crippen molar-refractivity contribution >= 4 is 15.4 Å². The van der Waals surface area contributed by atoms with Crippen molar-refractivity contribution in [3.05, 3.63) is 173 Å². The molecule has 0 heterocycles. The topological polar surface area (TPSA) is 0 Å². The summed E-state index contributed by atoms with van der Waals surface area (Å²) in [5.74, 6) is -0.488. The summed E-state index contributed by atoms with van der Waals surface area (Å²) < 4.78 is 26.6. The van der Waals surface area contributed by atoms with Crippen LogP contribution in [0.4, 0.5) is 8.78 Å². The van der Waals surface area contributed by atoms with Gasteiger partial charge in [0.2, 0.25) is 0 Å². The van der Waals surface area contributed by atoms with Gasteiger partial charge >= 0.3 is 108 Å². The zero-order valence-corrected chi connectivity index (χ0v) is 25.7. The van der Waals surface area contributed by atoms with Crippen molar-refractivity contribution in [1.29, 1.82) is 0 Å². The minimum Gasteiger partial charge on any atom is -1.00 e. The third kappa shape index (κ3) is 8.70. The Morgan fingerprint density at radius 2 is 1.27 bits per heavy atom. The van der Waals surface area contributed by atoms with Crippen LogP contribution in [0.15, 0.2) is 122 Å². The second kappa shape index (κ2) is 16.2. The van der Waals surface area contributed by atoms with E-state index in [0.717, 1.165) is 26.3 Å². The van der Waals surface area contributed by atoms with Gasteiger partial charge in [-0.05, 0) is 12.0 Å². The van der Waals surface area contributed by atoms with E-state index in [1.165, 1.54) is 76.3 Å². The molecular weight excluding hydrogens is 621 g/mol. The van der Waals surface area contributed by atoms with E-state index in [2.05, 4.69) is 43.5 Å². The van der Waals surface area contributed by atoms with Crippen molar-refractivity contribution in [3.63, 3.8) is 0 Å². The standard InChI is InChI=1S/C17H13.C13H8F2.C5H5.2ClH.Zr/c1-3-12-5-7-14-11-15-8-6-13(4-2)10-17(15)16(14)9-12;14-12-5-1-10(2-6-12)9-11-3-7-13(15)8-4-11;1-2-4-5-3-1;;;/h3-7,9-10H,1-2,11H2;1-8H;1-5H;2*1H;/q-1;;-1;;;+2/p-2. The summed E-state index contributed by atoms with van der Waals surface area (Å²) in [4.78, 5) is 0. The van der Waals surface area contributed by atoms with E-state index in [0.29, 0.717) is 0 Å². The number of fused-ring (bicyclic) bond motifs is 3. The van der Waals surface area contributed by atoms with Crippen molar-refractivity contribution < 1.29 is 57.8 Å². The summed E-state index contributed by atoms with van der Waals surface area (Å²) in [7, 11) is 0. The molecule has 5 aromatic carbocycles. The first-order valence-corrected chi connectivity index (χ1v) is 13.4. The van der Waals surface area contributed by atoms with Crippen LogP contribution in [0.25, 0.3) is 23.3 Å². The van der Waals surface area contributed by atoms with Crippen molar-refractivity contribution in [2.75, 3.05) is 0 Å². The molecule has 0 bridgehead atoms. The SMILES string of the molecule is C=Cc1c[c-]c2c(c1)-c1cc(C=C)ccc1C2.Fc1ccc([C](=[Zr+2])c2ccc(F)cc2)cc1.[Cl-].[Cl-].c1cc[cH-]c1. The largest absolute Gasteiger partial charge is 1.00 e. The van der Waals surface area contributed by atoms with Crippen molar-refractivity contribution in [1.82, 2.24) is 0 Å². The first-order valence-electron chi connectivity index (χ1n) is 12.2. The van der Waals surface area contributed by atoms with Gasteiger partial charge in [-0.25, -0.2) is 12.1 Å². The molecule has 0 spiro atoms. The zero-order chi connectivity index (χ0) is 26.9. The average molecular weight is 647 g/mol. The molecule has 0 aromatic heterocycles. The van der Waals surface area contributed by atoms with E-state index in [9.17, 15) is 8.78 Å². The molecule has 0 saturated carbocycles. The summed E-state index contributed by atoms with van der Waals surface area (Å²) in [5, 5.41) is 0. The van der Waals surface area contributed by atoms with Gasteiger partial charge in [0.05, 0.1) is 0 Å². The minimum atomic E-state index is -0.244. The van der Waals surface area contributed by atoms with Gasteiger partial charge in [-0.2, -0.15) is 42.0 Å². The van der Waals surface area contributed by atoms with Crippen molar-refractivity contribution in [2.45, 2.75) is 6.42 Å². The predicted molar refractivity (Wildman–Crippen MR) is 152 cm³/mol. The third-order valence-corrected chi connectivity index (χ3v) is 7.55. The molecule has 6 rings (SSSR count). The molecule has 200 valence electrons. The van der Waals surface area contributed by atoms with Crippen LogP contribution < -0.4 is 24.8 Å². The molecule has 0 atom stereocenters. The Bertz CT molecular complexity index is 1420. The molecule has 5 heteroatoms. The molecule has 5 aromatic rings. The van der Waals surface area contributed by atoms with Crippen LogP contribution in [-0.4, -0.2) is 3.21 Å². The number of hydrogen-bond acceptors (Lipinski definition) is 0. The van der Waals surface area contributed by atoms with E-state index in [1.807, 2.05) is 48.6 Å². The van der Waals surface area contributed by atoms with Gasteiger partial charge in [0.15, 0.2) is 0 Å². The van der Waals surface area contributed by atoms with Gasteiger partial charge in [-0.15, -0.1) is 23.8 Å². The molecule has 0 fully saturated rings. The molecule has 0 nitrogen and oxygen atoms in total. The molecule has 0 unspecified atom stereocenters. The van der Waals surface area contributed by atoms with Crippen LogP contribution in [0.3, 0.4) is 0 Å². The Hall–Kier alpha value is -3.10. The van der Waals surface area contributed by atoms with Crippen LogP contribution in [0.2, 0.25) is 0 Å². The molecule has 0 saturated heterocycles. The minimum absolute atomic E-state index is 0. The fraction of sp³-hybridized carbons (Fsp3) is 0.0286. The molecule has 1 aliphatic carbocycles. The predicted octanol–water partition coefficient (Wildman–Crippen LogP) is 2.84. The molecule has 40 heavy (non-hydrogen) atoms. The zero-order valence-electron chi connectivity index (χ0n) is 21.7. The summed E-state index contributed by atoms with van der Waals surface area (Å²) in [6, 6.07) is 36.8. The van der Waals surface area contributed by atoms with Crippen LogP contribution >= 0.6 is 0 Å². The van der Waals surface area contributed by atoms with E-state index >= 15 is 0 Å². The molecule has 1 aliphatic rings. The van der Waals surface area contributed by atoms with Gasteiger partial charge < -0.3 is 24.8 Å². The van der Waals surface area contributed by atoms with Gasteiger partial charge in [0.1, 0.15) is 0 Å². The Labute approximate surface area is 262 Å². The number of hydrogen-bond donors (Lipinski definition) is 0. The van der Waals surface area contributed by atoms with E-state index in [1.54, 1.807) is 24.3 Å². The molecular formula is C35H26Cl2F2Zr-2. The summed E-state index contributed by atoms with van der Waals surface area (Å²) in [6.45, 7) is 7.63. The summed E-state index contributed by atoms with van der Waals surface area (Å²) >= 11 is 1.22. The van der Waals surface area contributed by atoms with Crippen LogP contribution in [0.1, 0.15) is 33.4 Å². The average Bonchev–Trinajstić information content (AvgIpc) is 3.65. The Kier molecular flexibility index (Phi) is 13.4. The fourth-order valence-corrected chi connectivity index (χ4v) is 4.90. The van der Waals surface area contributed by atoms with Gasteiger partial charge in [-0.3, -0.25) is 0 Å².